The maximum absolute atomic E-state index is 13.0. The van der Waals surface area contributed by atoms with Crippen molar-refractivity contribution in [1.29, 1.82) is 0 Å². The van der Waals surface area contributed by atoms with Gasteiger partial charge < -0.3 is 9.84 Å². The number of hydrogen-bond donors (Lipinski definition) is 1. The molecule has 0 aliphatic heterocycles. The molecule has 1 atom stereocenters. The minimum absolute atomic E-state index is 0.0848. The Labute approximate surface area is 167 Å². The standard InChI is InChI=1S/C22H25NO4S/c1-3-20(17-27-18-21-8-5-4-6-9-21)16-23(14-7-15-24)28(25,26)22-12-10-19(2)11-13-22/h3-6,8-13,20,24H,1,15-18H2,2H3. The van der Waals surface area contributed by atoms with Crippen molar-refractivity contribution in [3.63, 3.8) is 0 Å². The van der Waals surface area contributed by atoms with E-state index < -0.39 is 16.6 Å². The molecule has 5 nitrogen and oxygen atoms in total. The second-order valence-electron chi connectivity index (χ2n) is 6.29. The van der Waals surface area contributed by atoms with Crippen LogP contribution in [0.25, 0.3) is 0 Å². The van der Waals surface area contributed by atoms with Gasteiger partial charge in [-0.05, 0) is 24.6 Å². The Bertz CT molecular complexity index is 913. The van der Waals surface area contributed by atoms with Crippen LogP contribution in [0.1, 0.15) is 11.1 Å². The lowest BCUT2D eigenvalue weighted by molar-refractivity contribution is 0.0967. The summed E-state index contributed by atoms with van der Waals surface area (Å²) in [5.74, 6) is 2.17. The van der Waals surface area contributed by atoms with Gasteiger partial charge in [-0.15, -0.1) is 6.58 Å². The fraction of sp³-hybridized carbons (Fsp3) is 0.273. The summed E-state index contributed by atoms with van der Waals surface area (Å²) in [4.78, 5) is 0.151. The molecule has 1 N–H and O–H groups in total. The highest BCUT2D eigenvalue weighted by atomic mass is 32.2. The first-order chi connectivity index (χ1) is 13.5. The molecule has 0 aliphatic carbocycles. The average molecular weight is 400 g/mol. The number of sulfonamides is 1. The number of aryl methyl sites for hydroxylation is 1. The summed E-state index contributed by atoms with van der Waals surface area (Å²) < 4.78 is 32.7. The molecular weight excluding hydrogens is 374 g/mol. The van der Waals surface area contributed by atoms with E-state index in [4.69, 9.17) is 9.84 Å². The molecule has 2 aromatic rings. The van der Waals surface area contributed by atoms with E-state index >= 15 is 0 Å². The van der Waals surface area contributed by atoms with E-state index in [1.807, 2.05) is 37.3 Å². The lowest BCUT2D eigenvalue weighted by Crippen LogP contribution is -2.32. The van der Waals surface area contributed by atoms with Gasteiger partial charge in [0.2, 0.25) is 0 Å². The zero-order valence-corrected chi connectivity index (χ0v) is 16.7. The van der Waals surface area contributed by atoms with Gasteiger partial charge in [0.05, 0.1) is 24.7 Å². The van der Waals surface area contributed by atoms with Gasteiger partial charge in [-0.3, -0.25) is 0 Å². The molecule has 0 bridgehead atoms. The lowest BCUT2D eigenvalue weighted by atomic mass is 10.1. The van der Waals surface area contributed by atoms with E-state index in [9.17, 15) is 8.42 Å². The highest BCUT2D eigenvalue weighted by Crippen LogP contribution is 2.18. The van der Waals surface area contributed by atoms with Crippen molar-refractivity contribution in [2.24, 2.45) is 5.92 Å². The number of ether oxygens (including phenoxy) is 1. The molecule has 6 heteroatoms. The highest BCUT2D eigenvalue weighted by molar-refractivity contribution is 7.89. The van der Waals surface area contributed by atoms with Crippen LogP contribution in [0.15, 0.2) is 72.1 Å². The monoisotopic (exact) mass is 399 g/mol. The van der Waals surface area contributed by atoms with Crippen LogP contribution in [0.5, 0.6) is 0 Å². The number of nitrogens with zero attached hydrogens (tertiary/aromatic N) is 1. The molecule has 148 valence electrons. The van der Waals surface area contributed by atoms with Crippen molar-refractivity contribution in [3.8, 4) is 12.0 Å². The first-order valence-electron chi connectivity index (χ1n) is 8.90. The summed E-state index contributed by atoms with van der Waals surface area (Å²) in [7, 11) is -3.83. The topological polar surface area (TPSA) is 66.8 Å². The molecule has 0 saturated heterocycles. The Kier molecular flexibility index (Phi) is 8.27. The third kappa shape index (κ3) is 6.24. The molecule has 0 radical (unpaired) electrons. The maximum Gasteiger partial charge on any atom is 0.270 e. The van der Waals surface area contributed by atoms with Gasteiger partial charge in [-0.2, -0.15) is 0 Å². The van der Waals surface area contributed by atoms with Crippen molar-refractivity contribution < 1.29 is 18.3 Å². The minimum Gasteiger partial charge on any atom is -0.384 e. The number of rotatable bonds is 9. The smallest absolute Gasteiger partial charge is 0.270 e. The van der Waals surface area contributed by atoms with Gasteiger partial charge in [0, 0.05) is 12.0 Å². The number of benzene rings is 2. The molecule has 2 rings (SSSR count). The average Bonchev–Trinajstić information content (AvgIpc) is 2.70. The van der Waals surface area contributed by atoms with Crippen LogP contribution < -0.4 is 0 Å². The van der Waals surface area contributed by atoms with E-state index in [1.165, 1.54) is 0 Å². The molecule has 0 spiro atoms. The summed E-state index contributed by atoms with van der Waals surface area (Å²) in [6.07, 6.45) is 1.66. The van der Waals surface area contributed by atoms with Crippen molar-refractivity contribution in [1.82, 2.24) is 4.31 Å². The molecule has 0 fully saturated rings. The maximum atomic E-state index is 13.0. The molecular formula is C22H25NO4S. The summed E-state index contributed by atoms with van der Waals surface area (Å²) >= 11 is 0. The van der Waals surface area contributed by atoms with Crippen LogP contribution in [0.4, 0.5) is 0 Å². The zero-order valence-electron chi connectivity index (χ0n) is 15.9. The molecule has 0 heterocycles. The molecule has 0 amide bonds. The van der Waals surface area contributed by atoms with Crippen molar-refractivity contribution in [3.05, 3.63) is 78.4 Å². The predicted octanol–water partition coefficient (Wildman–Crippen LogP) is 2.96. The van der Waals surface area contributed by atoms with E-state index in [0.29, 0.717) is 13.2 Å². The van der Waals surface area contributed by atoms with Gasteiger partial charge in [0.1, 0.15) is 6.61 Å². The van der Waals surface area contributed by atoms with E-state index in [0.717, 1.165) is 15.4 Å². The van der Waals surface area contributed by atoms with Crippen LogP contribution >= 0.6 is 0 Å². The zero-order chi connectivity index (χ0) is 20.4. The first-order valence-corrected chi connectivity index (χ1v) is 10.3. The summed E-state index contributed by atoms with van der Waals surface area (Å²) in [5, 5.41) is 9.01. The molecule has 2 aromatic carbocycles. The lowest BCUT2D eigenvalue weighted by Gasteiger charge is -2.22. The van der Waals surface area contributed by atoms with Gasteiger partial charge in [-0.1, -0.05) is 60.0 Å². The Morgan fingerprint density at radius 1 is 1.18 bits per heavy atom. The fourth-order valence-corrected chi connectivity index (χ4v) is 3.78. The Balaban J connectivity index is 2.10. The summed E-state index contributed by atoms with van der Waals surface area (Å²) in [5.41, 5.74) is 2.00. The Morgan fingerprint density at radius 3 is 2.46 bits per heavy atom. The van der Waals surface area contributed by atoms with Gasteiger partial charge in [-0.25, -0.2) is 12.7 Å². The van der Waals surface area contributed by atoms with Crippen molar-refractivity contribution in [2.75, 3.05) is 19.8 Å². The highest BCUT2D eigenvalue weighted by Gasteiger charge is 2.24. The normalized spacial score (nSPS) is 11.9. The number of hydrogen-bond acceptors (Lipinski definition) is 4. The molecule has 1 unspecified atom stereocenters. The second kappa shape index (κ2) is 10.7. The molecule has 28 heavy (non-hydrogen) atoms. The third-order valence-electron chi connectivity index (χ3n) is 4.07. The van der Waals surface area contributed by atoms with Crippen LogP contribution in [0, 0.1) is 24.8 Å². The molecule has 0 aromatic heterocycles. The van der Waals surface area contributed by atoms with Gasteiger partial charge >= 0.3 is 0 Å². The van der Waals surface area contributed by atoms with E-state index in [1.54, 1.807) is 30.3 Å². The summed E-state index contributed by atoms with van der Waals surface area (Å²) in [6.45, 7) is 6.06. The quantitative estimate of drug-likeness (QED) is 0.400. The fourth-order valence-electron chi connectivity index (χ4n) is 2.48. The molecule has 0 aliphatic rings. The largest absolute Gasteiger partial charge is 0.384 e. The van der Waals surface area contributed by atoms with Gasteiger partial charge in [0.15, 0.2) is 0 Å². The molecule has 0 saturated carbocycles. The minimum atomic E-state index is -3.83. The SMILES string of the molecule is C=CC(COCc1ccccc1)CN(C#CCO)S(=O)(=O)c1ccc(C)cc1. The number of aliphatic hydroxyl groups excluding tert-OH is 1. The summed E-state index contributed by atoms with van der Waals surface area (Å²) in [6, 6.07) is 18.8. The first kappa shape index (κ1) is 21.7. The van der Waals surface area contributed by atoms with Gasteiger partial charge in [0.25, 0.3) is 10.0 Å². The Hall–Kier alpha value is -2.59. The second-order valence-corrected chi connectivity index (χ2v) is 8.15. The van der Waals surface area contributed by atoms with E-state index in [-0.39, 0.29) is 17.4 Å². The van der Waals surface area contributed by atoms with Crippen LogP contribution in [-0.2, 0) is 21.4 Å². The third-order valence-corrected chi connectivity index (χ3v) is 5.76. The van der Waals surface area contributed by atoms with Crippen LogP contribution in [-0.4, -0.2) is 37.6 Å². The Morgan fingerprint density at radius 2 is 1.86 bits per heavy atom. The van der Waals surface area contributed by atoms with Crippen LogP contribution in [0.2, 0.25) is 0 Å². The van der Waals surface area contributed by atoms with Crippen molar-refractivity contribution in [2.45, 2.75) is 18.4 Å². The number of aliphatic hydroxyl groups is 1. The predicted molar refractivity (Wildman–Crippen MR) is 110 cm³/mol. The van der Waals surface area contributed by atoms with Crippen LogP contribution in [0.3, 0.4) is 0 Å². The van der Waals surface area contributed by atoms with Crippen molar-refractivity contribution >= 4 is 10.0 Å². The van der Waals surface area contributed by atoms with E-state index in [2.05, 4.69) is 18.5 Å².